The first-order chi connectivity index (χ1) is 7.08. The quantitative estimate of drug-likeness (QED) is 0.749. The van der Waals surface area contributed by atoms with Crippen molar-refractivity contribution in [2.75, 3.05) is 6.54 Å². The minimum atomic E-state index is -0.470. The van der Waals surface area contributed by atoms with Crippen LogP contribution >= 0.6 is 0 Å². The Labute approximate surface area is 89.9 Å². The number of pyridine rings is 1. The van der Waals surface area contributed by atoms with Gasteiger partial charge in [-0.1, -0.05) is 13.0 Å². The summed E-state index contributed by atoms with van der Waals surface area (Å²) in [6.45, 7) is 4.69. The van der Waals surface area contributed by atoms with Gasteiger partial charge in [0.25, 0.3) is 0 Å². The largest absolute Gasteiger partial charge is 0.370 e. The van der Waals surface area contributed by atoms with Gasteiger partial charge in [-0.25, -0.2) is 0 Å². The summed E-state index contributed by atoms with van der Waals surface area (Å²) in [6.07, 6.45) is 1.96. The van der Waals surface area contributed by atoms with E-state index < -0.39 is 5.54 Å². The van der Waals surface area contributed by atoms with Gasteiger partial charge in [0.1, 0.15) is 0 Å². The Morgan fingerprint density at radius 3 is 2.80 bits per heavy atom. The molecule has 0 fully saturated rings. The Balaban J connectivity index is 2.95. The average Bonchev–Trinajstić information content (AvgIpc) is 2.18. The molecule has 15 heavy (non-hydrogen) atoms. The summed E-state index contributed by atoms with van der Waals surface area (Å²) in [5.74, 6) is -0.330. The van der Waals surface area contributed by atoms with Gasteiger partial charge in [-0.05, 0) is 25.6 Å². The van der Waals surface area contributed by atoms with Gasteiger partial charge in [0, 0.05) is 12.6 Å². The molecule has 4 nitrogen and oxygen atoms in total. The molecule has 0 saturated heterocycles. The summed E-state index contributed by atoms with van der Waals surface area (Å²) in [7, 11) is 0. The first-order valence-corrected chi connectivity index (χ1v) is 5.03. The lowest BCUT2D eigenvalue weighted by Gasteiger charge is -2.28. The third-order valence-electron chi connectivity index (χ3n) is 2.32. The lowest BCUT2D eigenvalue weighted by Crippen LogP contribution is -2.43. The predicted molar refractivity (Wildman–Crippen MR) is 59.1 cm³/mol. The number of aromatic nitrogens is 1. The molecule has 1 atom stereocenters. The van der Waals surface area contributed by atoms with Gasteiger partial charge in [-0.15, -0.1) is 0 Å². The van der Waals surface area contributed by atoms with E-state index in [-0.39, 0.29) is 12.3 Å². The zero-order chi connectivity index (χ0) is 11.3. The van der Waals surface area contributed by atoms with Crippen molar-refractivity contribution >= 4 is 5.91 Å². The summed E-state index contributed by atoms with van der Waals surface area (Å²) in [5, 5.41) is 3.24. The summed E-state index contributed by atoms with van der Waals surface area (Å²) >= 11 is 0. The van der Waals surface area contributed by atoms with Crippen molar-refractivity contribution in [2.45, 2.75) is 25.8 Å². The number of nitrogens with zero attached hydrogens (tertiary/aromatic N) is 1. The summed E-state index contributed by atoms with van der Waals surface area (Å²) in [4.78, 5) is 15.3. The molecule has 1 amide bonds. The highest BCUT2D eigenvalue weighted by atomic mass is 16.1. The van der Waals surface area contributed by atoms with Crippen LogP contribution in [0.4, 0.5) is 0 Å². The van der Waals surface area contributed by atoms with E-state index >= 15 is 0 Å². The summed E-state index contributed by atoms with van der Waals surface area (Å²) in [5.41, 5.74) is 5.61. The Bertz CT molecular complexity index is 326. The first-order valence-electron chi connectivity index (χ1n) is 5.03. The average molecular weight is 207 g/mol. The Hall–Kier alpha value is -1.42. The number of carbonyl (C=O) groups excluding carboxylic acids is 1. The van der Waals surface area contributed by atoms with Crippen molar-refractivity contribution in [3.63, 3.8) is 0 Å². The van der Waals surface area contributed by atoms with Crippen LogP contribution in [0.15, 0.2) is 24.4 Å². The molecule has 1 rings (SSSR count). The maximum absolute atomic E-state index is 11.0. The zero-order valence-corrected chi connectivity index (χ0v) is 9.16. The van der Waals surface area contributed by atoms with Gasteiger partial charge < -0.3 is 11.1 Å². The van der Waals surface area contributed by atoms with Crippen LogP contribution in [0.2, 0.25) is 0 Å². The highest BCUT2D eigenvalue weighted by Crippen LogP contribution is 2.21. The normalized spacial score (nSPS) is 14.5. The molecule has 0 aliphatic carbocycles. The standard InChI is InChI=1S/C11H17N3O/c1-3-14-11(2,8-10(12)15)9-6-4-5-7-13-9/h4-7,14H,3,8H2,1-2H3,(H2,12,15). The van der Waals surface area contributed by atoms with Gasteiger partial charge in [-0.2, -0.15) is 0 Å². The Morgan fingerprint density at radius 1 is 1.60 bits per heavy atom. The third-order valence-corrected chi connectivity index (χ3v) is 2.32. The van der Waals surface area contributed by atoms with Gasteiger partial charge in [0.15, 0.2) is 0 Å². The van der Waals surface area contributed by atoms with E-state index in [9.17, 15) is 4.79 Å². The molecule has 0 saturated carbocycles. The van der Waals surface area contributed by atoms with Crippen LogP contribution in [0.3, 0.4) is 0 Å². The van der Waals surface area contributed by atoms with Gasteiger partial charge in [0.05, 0.1) is 11.2 Å². The van der Waals surface area contributed by atoms with E-state index in [1.807, 2.05) is 32.0 Å². The van der Waals surface area contributed by atoms with Crippen molar-refractivity contribution in [3.8, 4) is 0 Å². The molecule has 1 heterocycles. The van der Waals surface area contributed by atoms with Crippen molar-refractivity contribution < 1.29 is 4.79 Å². The molecule has 1 aromatic heterocycles. The SMILES string of the molecule is CCNC(C)(CC(N)=O)c1ccccn1. The van der Waals surface area contributed by atoms with Crippen LogP contribution < -0.4 is 11.1 Å². The number of hydrogen-bond donors (Lipinski definition) is 2. The van der Waals surface area contributed by atoms with Crippen LogP contribution in [-0.4, -0.2) is 17.4 Å². The van der Waals surface area contributed by atoms with E-state index in [2.05, 4.69) is 10.3 Å². The van der Waals surface area contributed by atoms with Gasteiger partial charge in [-0.3, -0.25) is 9.78 Å². The fourth-order valence-electron chi connectivity index (χ4n) is 1.67. The van der Waals surface area contributed by atoms with Crippen molar-refractivity contribution in [3.05, 3.63) is 30.1 Å². The van der Waals surface area contributed by atoms with Crippen LogP contribution in [0.1, 0.15) is 26.0 Å². The van der Waals surface area contributed by atoms with Crippen molar-refractivity contribution in [1.29, 1.82) is 0 Å². The minimum absolute atomic E-state index is 0.248. The molecule has 82 valence electrons. The third kappa shape index (κ3) is 3.02. The molecule has 1 unspecified atom stereocenters. The molecule has 0 radical (unpaired) electrons. The van der Waals surface area contributed by atoms with Gasteiger partial charge in [0.2, 0.25) is 5.91 Å². The second kappa shape index (κ2) is 4.89. The molecule has 0 aromatic carbocycles. The second-order valence-electron chi connectivity index (χ2n) is 3.72. The maximum Gasteiger partial charge on any atom is 0.219 e. The number of primary amides is 1. The lowest BCUT2D eigenvalue weighted by atomic mass is 9.92. The van der Waals surface area contributed by atoms with Crippen molar-refractivity contribution in [2.24, 2.45) is 5.73 Å². The molecule has 3 N–H and O–H groups in total. The van der Waals surface area contributed by atoms with Crippen LogP contribution in [-0.2, 0) is 10.3 Å². The molecule has 0 bridgehead atoms. The second-order valence-corrected chi connectivity index (χ2v) is 3.72. The fraction of sp³-hybridized carbons (Fsp3) is 0.455. The van der Waals surface area contributed by atoms with Gasteiger partial charge >= 0.3 is 0 Å². The highest BCUT2D eigenvalue weighted by molar-refractivity contribution is 5.75. The number of nitrogens with two attached hydrogens (primary N) is 1. The molecule has 4 heteroatoms. The molecule has 0 aliphatic heterocycles. The molecule has 0 spiro atoms. The topological polar surface area (TPSA) is 68.0 Å². The lowest BCUT2D eigenvalue weighted by molar-refractivity contribution is -0.119. The van der Waals surface area contributed by atoms with E-state index in [1.54, 1.807) is 6.20 Å². The van der Waals surface area contributed by atoms with Crippen LogP contribution in [0.25, 0.3) is 0 Å². The van der Waals surface area contributed by atoms with E-state index in [4.69, 9.17) is 5.73 Å². The fourth-order valence-corrected chi connectivity index (χ4v) is 1.67. The first kappa shape index (κ1) is 11.7. The number of carbonyl (C=O) groups is 1. The predicted octanol–water partition coefficient (Wildman–Crippen LogP) is 0.782. The smallest absolute Gasteiger partial charge is 0.219 e. The highest BCUT2D eigenvalue weighted by Gasteiger charge is 2.28. The monoisotopic (exact) mass is 207 g/mol. The van der Waals surface area contributed by atoms with Crippen LogP contribution in [0.5, 0.6) is 0 Å². The van der Waals surface area contributed by atoms with E-state index in [1.165, 1.54) is 0 Å². The Morgan fingerprint density at radius 2 is 2.33 bits per heavy atom. The Kier molecular flexibility index (Phi) is 3.80. The number of amides is 1. The molecular formula is C11H17N3O. The number of hydrogen-bond acceptors (Lipinski definition) is 3. The zero-order valence-electron chi connectivity index (χ0n) is 9.16. The van der Waals surface area contributed by atoms with Crippen LogP contribution in [0, 0.1) is 0 Å². The molecular weight excluding hydrogens is 190 g/mol. The molecule has 1 aromatic rings. The maximum atomic E-state index is 11.0. The van der Waals surface area contributed by atoms with E-state index in [0.29, 0.717) is 0 Å². The number of nitrogens with one attached hydrogen (secondary N) is 1. The van der Waals surface area contributed by atoms with Crippen molar-refractivity contribution in [1.82, 2.24) is 10.3 Å². The molecule has 0 aliphatic rings. The van der Waals surface area contributed by atoms with E-state index in [0.717, 1.165) is 12.2 Å². The minimum Gasteiger partial charge on any atom is -0.370 e. The number of rotatable bonds is 5. The summed E-state index contributed by atoms with van der Waals surface area (Å²) < 4.78 is 0. The summed E-state index contributed by atoms with van der Waals surface area (Å²) in [6, 6.07) is 5.64.